The van der Waals surface area contributed by atoms with Crippen LogP contribution in [0.25, 0.3) is 0 Å². The van der Waals surface area contributed by atoms with Crippen LogP contribution in [0.3, 0.4) is 0 Å². The predicted molar refractivity (Wildman–Crippen MR) is 99.4 cm³/mol. The van der Waals surface area contributed by atoms with Gasteiger partial charge in [-0.2, -0.15) is 26.3 Å². The highest BCUT2D eigenvalue weighted by Gasteiger charge is 2.67. The summed E-state index contributed by atoms with van der Waals surface area (Å²) in [6.45, 7) is 2.85. The van der Waals surface area contributed by atoms with Gasteiger partial charge in [0.1, 0.15) is 13.3 Å². The van der Waals surface area contributed by atoms with Gasteiger partial charge in [0.05, 0.1) is 0 Å². The van der Waals surface area contributed by atoms with Crippen molar-refractivity contribution in [2.75, 3.05) is 19.9 Å². The van der Waals surface area contributed by atoms with E-state index in [1.54, 1.807) is 0 Å². The normalized spacial score (nSPS) is 10.9. The first-order valence-corrected chi connectivity index (χ1v) is 6.85. The molecule has 0 unspecified atom stereocenters. The zero-order valence-corrected chi connectivity index (χ0v) is 14.3. The van der Waals surface area contributed by atoms with E-state index in [0.29, 0.717) is 6.08 Å². The van der Waals surface area contributed by atoms with Gasteiger partial charge in [-0.3, -0.25) is 0 Å². The molecule has 17 heteroatoms. The van der Waals surface area contributed by atoms with Gasteiger partial charge in [-0.25, -0.2) is 23.5 Å². The number of carbonyl (C=O) groups excluding carboxylic acids is 2. The van der Waals surface area contributed by atoms with Gasteiger partial charge in [0.25, 0.3) is 0 Å². The van der Waals surface area contributed by atoms with Gasteiger partial charge in [-0.1, -0.05) is 42.9 Å². The molecule has 0 atom stereocenters. The van der Waals surface area contributed by atoms with Gasteiger partial charge in [0.15, 0.2) is 6.61 Å². The van der Waals surface area contributed by atoms with Gasteiger partial charge < -0.3 is 9.47 Å². The van der Waals surface area contributed by atoms with Crippen molar-refractivity contribution < 1.29 is 77.5 Å². The molecule has 0 aromatic carbocycles. The van der Waals surface area contributed by atoms with Crippen molar-refractivity contribution in [1.29, 1.82) is 0 Å². The smallest absolute Gasteiger partial charge is 0.460 e. The molecule has 0 aliphatic rings. The molecule has 34 heavy (non-hydrogen) atoms. The van der Waals surface area contributed by atoms with Crippen LogP contribution in [0.15, 0.2) is 25.3 Å². The highest BCUT2D eigenvalue weighted by molar-refractivity contribution is 5.81. The number of halogens is 10. The molecule has 0 radical (unpaired) electrons. The van der Waals surface area contributed by atoms with Crippen molar-refractivity contribution >= 4 is 11.9 Å². The van der Waals surface area contributed by atoms with E-state index >= 15 is 0 Å². The first kappa shape index (κ1) is 45.1. The average molecular weight is 534 g/mol. The summed E-state index contributed by atoms with van der Waals surface area (Å²) in [5, 5.41) is 0. The van der Waals surface area contributed by atoms with E-state index in [2.05, 4.69) is 27.4 Å². The van der Waals surface area contributed by atoms with Crippen LogP contribution < -0.4 is 0 Å². The van der Waals surface area contributed by atoms with Crippen molar-refractivity contribution in [3.05, 3.63) is 25.3 Å². The lowest BCUT2D eigenvalue weighted by Crippen LogP contribution is -2.50. The van der Waals surface area contributed by atoms with Crippen LogP contribution in [0.1, 0.15) is 29.7 Å². The van der Waals surface area contributed by atoms with Crippen LogP contribution in [0.2, 0.25) is 0 Å². The molecule has 0 aliphatic carbocycles. The molecule has 0 aliphatic heterocycles. The van der Waals surface area contributed by atoms with E-state index < -0.39 is 49.8 Å². The highest BCUT2D eigenvalue weighted by Crippen LogP contribution is 2.42. The SMILES string of the molecule is C.C.C.C.C=CC(=O)OCC(F)(F)OC(F)(F)OC(F)(F)C(F)(F)OF.C=CC(=O)OCCF. The minimum absolute atomic E-state index is 0. The standard InChI is InChI=1S/C8H5F9O5.C5H7FO2.4CH4/c1-2-4(18)19-3-5(9,10)20-8(15,16)21-6(11,12)7(13,14)22-17;1-2-5(7)8-4-3-6;;;;/h2H,1,3H2;2H,1,3-4H2;4*1H4. The maximum Gasteiger partial charge on any atom is 0.495 e. The zero-order valence-electron chi connectivity index (χ0n) is 14.3. The van der Waals surface area contributed by atoms with E-state index in [4.69, 9.17) is 0 Å². The summed E-state index contributed by atoms with van der Waals surface area (Å²) < 4.78 is 134. The topological polar surface area (TPSA) is 80.3 Å². The Kier molecular flexibility index (Phi) is 25.2. The third-order valence-electron chi connectivity index (χ3n) is 1.99. The highest BCUT2D eigenvalue weighted by atomic mass is 19.4. The van der Waals surface area contributed by atoms with E-state index in [-0.39, 0.29) is 36.3 Å². The van der Waals surface area contributed by atoms with Gasteiger partial charge in [0.2, 0.25) is 0 Å². The summed E-state index contributed by atoms with van der Waals surface area (Å²) in [6.07, 6.45) is -22.4. The predicted octanol–water partition coefficient (Wildman–Crippen LogP) is 6.21. The fraction of sp³-hybridized carbons (Fsp3) is 0.647. The number of hydrogen-bond acceptors (Lipinski definition) is 7. The second kappa shape index (κ2) is 19.0. The van der Waals surface area contributed by atoms with Crippen molar-refractivity contribution in [3.63, 3.8) is 0 Å². The fourth-order valence-electron chi connectivity index (χ4n) is 0.890. The van der Waals surface area contributed by atoms with Gasteiger partial charge in [-0.15, -0.1) is 13.7 Å². The summed E-state index contributed by atoms with van der Waals surface area (Å²) >= 11 is 0. The number of esters is 2. The van der Waals surface area contributed by atoms with Gasteiger partial charge in [0, 0.05) is 12.2 Å². The fourth-order valence-corrected chi connectivity index (χ4v) is 0.890. The number of hydrogen-bond donors (Lipinski definition) is 0. The lowest BCUT2D eigenvalue weighted by molar-refractivity contribution is -0.567. The van der Waals surface area contributed by atoms with Crippen LogP contribution in [0.5, 0.6) is 0 Å². The van der Waals surface area contributed by atoms with E-state index in [1.165, 1.54) is 4.94 Å². The minimum atomic E-state index is -6.38. The first-order valence-electron chi connectivity index (χ1n) is 6.85. The molecular formula is C17H28F10O7. The molecule has 0 bridgehead atoms. The van der Waals surface area contributed by atoms with Gasteiger partial charge in [-0.05, 0) is 4.53 Å². The molecule has 0 heterocycles. The molecule has 0 saturated heterocycles. The summed E-state index contributed by atoms with van der Waals surface area (Å²) in [5.74, 6) is -2.10. The molecule has 0 aromatic heterocycles. The van der Waals surface area contributed by atoms with Crippen molar-refractivity contribution in [2.45, 2.75) is 54.3 Å². The molecule has 0 N–H and O–H groups in total. The van der Waals surface area contributed by atoms with Crippen molar-refractivity contribution in [3.8, 4) is 0 Å². The summed E-state index contributed by atoms with van der Waals surface area (Å²) in [6, 6.07) is 0. The third-order valence-corrected chi connectivity index (χ3v) is 1.99. The van der Waals surface area contributed by atoms with Crippen LogP contribution in [-0.2, 0) is 33.5 Å². The maximum atomic E-state index is 12.7. The summed E-state index contributed by atoms with van der Waals surface area (Å²) in [7, 11) is 0. The molecule has 0 fully saturated rings. The Morgan fingerprint density at radius 1 is 0.735 bits per heavy atom. The number of ether oxygens (including phenoxy) is 4. The summed E-state index contributed by atoms with van der Waals surface area (Å²) in [4.78, 5) is 21.9. The average Bonchev–Trinajstić information content (AvgIpc) is 2.62. The van der Waals surface area contributed by atoms with Crippen LogP contribution in [0.4, 0.5) is 44.0 Å². The van der Waals surface area contributed by atoms with E-state index in [0.717, 1.165) is 6.08 Å². The second-order valence-electron chi connectivity index (χ2n) is 4.29. The quantitative estimate of drug-likeness (QED) is 0.128. The van der Waals surface area contributed by atoms with E-state index in [9.17, 15) is 53.6 Å². The minimum Gasteiger partial charge on any atom is -0.460 e. The van der Waals surface area contributed by atoms with Crippen LogP contribution >= 0.6 is 0 Å². The van der Waals surface area contributed by atoms with Crippen molar-refractivity contribution in [1.82, 2.24) is 0 Å². The molecule has 208 valence electrons. The van der Waals surface area contributed by atoms with Crippen LogP contribution in [0, 0.1) is 0 Å². The Morgan fingerprint density at radius 2 is 1.15 bits per heavy atom. The third kappa shape index (κ3) is 19.1. The molecule has 0 spiro atoms. The second-order valence-corrected chi connectivity index (χ2v) is 4.29. The molecule has 0 rings (SSSR count). The van der Waals surface area contributed by atoms with Crippen LogP contribution in [-0.4, -0.2) is 56.4 Å². The largest absolute Gasteiger partial charge is 0.495 e. The molecule has 7 nitrogen and oxygen atoms in total. The zero-order chi connectivity index (χ0) is 24.2. The lowest BCUT2D eigenvalue weighted by atomic mass is 10.6. The Morgan fingerprint density at radius 3 is 1.50 bits per heavy atom. The van der Waals surface area contributed by atoms with Crippen molar-refractivity contribution in [2.24, 2.45) is 0 Å². The molecule has 0 aromatic rings. The Hall–Kier alpha value is -2.40. The molecule has 0 saturated carbocycles. The number of carbonyl (C=O) groups is 2. The molecular weight excluding hydrogens is 506 g/mol. The Labute approximate surface area is 190 Å². The van der Waals surface area contributed by atoms with E-state index in [1.807, 2.05) is 4.74 Å². The molecule has 0 amide bonds. The Bertz CT molecular complexity index is 587. The van der Waals surface area contributed by atoms with Gasteiger partial charge >= 0.3 is 36.6 Å². The Balaban J connectivity index is -0.000000141. The first-order chi connectivity index (χ1) is 13.5. The number of rotatable bonds is 12. The maximum absolute atomic E-state index is 12.7. The lowest BCUT2D eigenvalue weighted by Gasteiger charge is -2.28. The monoisotopic (exact) mass is 534 g/mol. The number of alkyl halides is 9. The summed E-state index contributed by atoms with van der Waals surface area (Å²) in [5.41, 5.74) is 0.